The fourth-order valence-corrected chi connectivity index (χ4v) is 1.96. The molecule has 0 fully saturated rings. The molecule has 0 aromatic heterocycles. The average molecular weight is 256 g/mol. The number of hydrogen-bond acceptors (Lipinski definition) is 2. The minimum Gasteiger partial charge on any atom is -0.385 e. The SMILES string of the molecule is CCC(CC)C(O)C(=O)Cc1ccc(F)cc1F. The maximum Gasteiger partial charge on any atom is 0.166 e. The monoisotopic (exact) mass is 256 g/mol. The maximum absolute atomic E-state index is 13.4. The summed E-state index contributed by atoms with van der Waals surface area (Å²) in [6.07, 6.45) is 0.0958. The van der Waals surface area contributed by atoms with Crippen LogP contribution in [0.4, 0.5) is 8.78 Å². The molecule has 0 amide bonds. The molecule has 4 heteroatoms. The third kappa shape index (κ3) is 3.60. The zero-order valence-corrected chi connectivity index (χ0v) is 10.6. The Hall–Kier alpha value is -1.29. The van der Waals surface area contributed by atoms with Crippen molar-refractivity contribution in [1.82, 2.24) is 0 Å². The van der Waals surface area contributed by atoms with E-state index >= 15 is 0 Å². The first-order chi connectivity index (χ1) is 8.49. The quantitative estimate of drug-likeness (QED) is 0.849. The van der Waals surface area contributed by atoms with E-state index in [1.54, 1.807) is 0 Å². The molecule has 0 radical (unpaired) electrons. The van der Waals surface area contributed by atoms with Crippen molar-refractivity contribution in [3.05, 3.63) is 35.4 Å². The van der Waals surface area contributed by atoms with Gasteiger partial charge in [0.1, 0.15) is 17.7 Å². The van der Waals surface area contributed by atoms with Crippen LogP contribution in [0.15, 0.2) is 18.2 Å². The number of aliphatic hydroxyl groups is 1. The van der Waals surface area contributed by atoms with Crippen LogP contribution in [0.3, 0.4) is 0 Å². The molecule has 1 unspecified atom stereocenters. The summed E-state index contributed by atoms with van der Waals surface area (Å²) in [6, 6.07) is 3.09. The lowest BCUT2D eigenvalue weighted by Crippen LogP contribution is -2.30. The minimum atomic E-state index is -1.08. The number of Topliss-reactive ketones (excluding diaryl/α,β-unsaturated/α-hetero) is 1. The van der Waals surface area contributed by atoms with Gasteiger partial charge in [0.2, 0.25) is 0 Å². The van der Waals surface area contributed by atoms with Gasteiger partial charge in [-0.15, -0.1) is 0 Å². The molecule has 0 saturated carbocycles. The van der Waals surface area contributed by atoms with Gasteiger partial charge in [0.15, 0.2) is 5.78 Å². The molecule has 1 atom stereocenters. The molecule has 0 aliphatic carbocycles. The Bertz CT molecular complexity index is 414. The van der Waals surface area contributed by atoms with Crippen LogP contribution in [0.1, 0.15) is 32.3 Å². The topological polar surface area (TPSA) is 37.3 Å². The summed E-state index contributed by atoms with van der Waals surface area (Å²) in [5, 5.41) is 9.84. The number of ketones is 1. The molecule has 1 rings (SSSR count). The number of benzene rings is 1. The van der Waals surface area contributed by atoms with Gasteiger partial charge in [-0.05, 0) is 17.5 Å². The Morgan fingerprint density at radius 1 is 1.28 bits per heavy atom. The Labute approximate surface area is 106 Å². The first-order valence-electron chi connectivity index (χ1n) is 6.14. The molecular weight excluding hydrogens is 238 g/mol. The zero-order chi connectivity index (χ0) is 13.7. The van der Waals surface area contributed by atoms with Gasteiger partial charge in [0.25, 0.3) is 0 Å². The first kappa shape index (κ1) is 14.8. The van der Waals surface area contributed by atoms with Gasteiger partial charge < -0.3 is 5.11 Å². The molecular formula is C14H18F2O2. The summed E-state index contributed by atoms with van der Waals surface area (Å²) in [5.74, 6) is -1.96. The molecule has 0 spiro atoms. The smallest absolute Gasteiger partial charge is 0.166 e. The fraction of sp³-hybridized carbons (Fsp3) is 0.500. The minimum absolute atomic E-state index is 0.110. The molecule has 18 heavy (non-hydrogen) atoms. The van der Waals surface area contributed by atoms with Crippen LogP contribution in [0.25, 0.3) is 0 Å². The fourth-order valence-electron chi connectivity index (χ4n) is 1.96. The van der Waals surface area contributed by atoms with Gasteiger partial charge in [-0.2, -0.15) is 0 Å². The summed E-state index contributed by atoms with van der Waals surface area (Å²) in [7, 11) is 0. The van der Waals surface area contributed by atoms with Gasteiger partial charge in [-0.25, -0.2) is 8.78 Å². The Kier molecular flexibility index (Phi) is 5.41. The number of halogens is 2. The molecule has 100 valence electrons. The van der Waals surface area contributed by atoms with Crippen LogP contribution in [-0.4, -0.2) is 17.0 Å². The van der Waals surface area contributed by atoms with E-state index in [9.17, 15) is 18.7 Å². The second-order valence-corrected chi connectivity index (χ2v) is 4.40. The Morgan fingerprint density at radius 2 is 1.89 bits per heavy atom. The molecule has 1 aromatic rings. The summed E-state index contributed by atoms with van der Waals surface area (Å²) in [6.45, 7) is 3.78. The highest BCUT2D eigenvalue weighted by atomic mass is 19.1. The van der Waals surface area contributed by atoms with Crippen molar-refractivity contribution in [2.24, 2.45) is 5.92 Å². The van der Waals surface area contributed by atoms with E-state index in [1.165, 1.54) is 6.07 Å². The van der Waals surface area contributed by atoms with Gasteiger partial charge in [0, 0.05) is 12.5 Å². The van der Waals surface area contributed by atoms with E-state index in [0.29, 0.717) is 12.8 Å². The van der Waals surface area contributed by atoms with Crippen LogP contribution >= 0.6 is 0 Å². The molecule has 2 nitrogen and oxygen atoms in total. The van der Waals surface area contributed by atoms with Crippen LogP contribution in [0.5, 0.6) is 0 Å². The van der Waals surface area contributed by atoms with Crippen LogP contribution < -0.4 is 0 Å². The Morgan fingerprint density at radius 3 is 2.39 bits per heavy atom. The van der Waals surface area contributed by atoms with Crippen molar-refractivity contribution in [3.63, 3.8) is 0 Å². The van der Waals surface area contributed by atoms with Crippen LogP contribution in [-0.2, 0) is 11.2 Å². The van der Waals surface area contributed by atoms with Gasteiger partial charge in [0.05, 0.1) is 0 Å². The van der Waals surface area contributed by atoms with Crippen LogP contribution in [0, 0.1) is 17.6 Å². The van der Waals surface area contributed by atoms with Crippen molar-refractivity contribution in [2.45, 2.75) is 39.2 Å². The molecule has 1 aromatic carbocycles. The van der Waals surface area contributed by atoms with Crippen molar-refractivity contribution in [3.8, 4) is 0 Å². The van der Waals surface area contributed by atoms with Crippen molar-refractivity contribution in [2.75, 3.05) is 0 Å². The summed E-state index contributed by atoms with van der Waals surface area (Å²) in [5.41, 5.74) is 0.117. The standard InChI is InChI=1S/C14H18F2O2/c1-3-9(4-2)14(18)13(17)7-10-5-6-11(15)8-12(10)16/h5-6,8-9,14,18H,3-4,7H2,1-2H3. The predicted octanol–water partition coefficient (Wildman–Crippen LogP) is 2.87. The maximum atomic E-state index is 13.4. The third-order valence-corrected chi connectivity index (χ3v) is 3.20. The summed E-state index contributed by atoms with van der Waals surface area (Å²) < 4.78 is 26.1. The number of aliphatic hydroxyl groups excluding tert-OH is 1. The first-order valence-corrected chi connectivity index (χ1v) is 6.14. The molecule has 0 bridgehead atoms. The Balaban J connectivity index is 2.75. The highest BCUT2D eigenvalue weighted by Crippen LogP contribution is 2.17. The third-order valence-electron chi connectivity index (χ3n) is 3.20. The highest BCUT2D eigenvalue weighted by molar-refractivity contribution is 5.85. The lowest BCUT2D eigenvalue weighted by atomic mass is 9.91. The van der Waals surface area contributed by atoms with Gasteiger partial charge in [-0.1, -0.05) is 32.8 Å². The predicted molar refractivity (Wildman–Crippen MR) is 65.1 cm³/mol. The number of rotatable bonds is 6. The van der Waals surface area contributed by atoms with Crippen molar-refractivity contribution >= 4 is 5.78 Å². The van der Waals surface area contributed by atoms with E-state index in [-0.39, 0.29) is 17.9 Å². The highest BCUT2D eigenvalue weighted by Gasteiger charge is 2.24. The van der Waals surface area contributed by atoms with Gasteiger partial charge in [-0.3, -0.25) is 4.79 Å². The average Bonchev–Trinajstić information content (AvgIpc) is 2.34. The van der Waals surface area contributed by atoms with Crippen molar-refractivity contribution in [1.29, 1.82) is 0 Å². The molecule has 0 saturated heterocycles. The lowest BCUT2D eigenvalue weighted by molar-refractivity contribution is -0.129. The normalized spacial score (nSPS) is 12.8. The number of hydrogen-bond donors (Lipinski definition) is 1. The second kappa shape index (κ2) is 6.59. The molecule has 0 aliphatic heterocycles. The largest absolute Gasteiger partial charge is 0.385 e. The van der Waals surface area contributed by atoms with Crippen LogP contribution in [0.2, 0.25) is 0 Å². The van der Waals surface area contributed by atoms with Gasteiger partial charge >= 0.3 is 0 Å². The zero-order valence-electron chi connectivity index (χ0n) is 10.6. The number of carbonyl (C=O) groups excluding carboxylic acids is 1. The lowest BCUT2D eigenvalue weighted by Gasteiger charge is -2.18. The number of carbonyl (C=O) groups is 1. The molecule has 0 aliphatic rings. The van der Waals surface area contributed by atoms with E-state index < -0.39 is 23.5 Å². The molecule has 1 N–H and O–H groups in total. The van der Waals surface area contributed by atoms with E-state index in [2.05, 4.69) is 0 Å². The van der Waals surface area contributed by atoms with Crippen molar-refractivity contribution < 1.29 is 18.7 Å². The summed E-state index contributed by atoms with van der Waals surface area (Å²) in [4.78, 5) is 11.8. The van der Waals surface area contributed by atoms with E-state index in [0.717, 1.165) is 12.1 Å². The second-order valence-electron chi connectivity index (χ2n) is 4.40. The summed E-state index contributed by atoms with van der Waals surface area (Å²) >= 11 is 0. The van der Waals surface area contributed by atoms with E-state index in [1.807, 2.05) is 13.8 Å². The molecule has 0 heterocycles. The van der Waals surface area contributed by atoms with E-state index in [4.69, 9.17) is 0 Å².